The molecule has 0 saturated heterocycles. The molecule has 1 saturated carbocycles. The van der Waals surface area contributed by atoms with Crippen LogP contribution in [-0.4, -0.2) is 22.4 Å². The van der Waals surface area contributed by atoms with E-state index in [1.54, 1.807) is 6.07 Å². The molecule has 4 nitrogen and oxygen atoms in total. The second-order valence-electron chi connectivity index (χ2n) is 7.01. The molecule has 1 aromatic heterocycles. The molecule has 1 fully saturated rings. The number of aromatic amines is 1. The number of carbonyl (C=O) groups is 1. The first-order chi connectivity index (χ1) is 12.7. The minimum Gasteiger partial charge on any atom is -0.355 e. The Bertz CT molecular complexity index is 895. The van der Waals surface area contributed by atoms with Gasteiger partial charge in [0.25, 0.3) is 0 Å². The van der Waals surface area contributed by atoms with Crippen LogP contribution in [0.1, 0.15) is 37.1 Å². The number of amides is 1. The second-order valence-corrected chi connectivity index (χ2v) is 7.01. The highest BCUT2D eigenvalue weighted by atomic mass is 19.1. The van der Waals surface area contributed by atoms with Crippen molar-refractivity contribution in [1.82, 2.24) is 15.3 Å². The van der Waals surface area contributed by atoms with Gasteiger partial charge >= 0.3 is 0 Å². The lowest BCUT2D eigenvalue weighted by molar-refractivity contribution is -0.126. The van der Waals surface area contributed by atoms with Gasteiger partial charge in [-0.3, -0.25) is 4.79 Å². The van der Waals surface area contributed by atoms with Crippen LogP contribution in [0.2, 0.25) is 0 Å². The average molecular weight is 351 g/mol. The van der Waals surface area contributed by atoms with Gasteiger partial charge in [-0.1, -0.05) is 37.1 Å². The van der Waals surface area contributed by atoms with E-state index in [2.05, 4.69) is 15.3 Å². The van der Waals surface area contributed by atoms with Crippen LogP contribution in [-0.2, 0) is 16.6 Å². The van der Waals surface area contributed by atoms with Gasteiger partial charge in [0.15, 0.2) is 0 Å². The molecule has 134 valence electrons. The van der Waals surface area contributed by atoms with E-state index >= 15 is 0 Å². The first-order valence-electron chi connectivity index (χ1n) is 9.15. The number of H-pyrrole nitrogens is 1. The summed E-state index contributed by atoms with van der Waals surface area (Å²) in [5, 5.41) is 3.05. The van der Waals surface area contributed by atoms with E-state index in [0.29, 0.717) is 13.0 Å². The minimum atomic E-state index is -0.601. The van der Waals surface area contributed by atoms with Crippen molar-refractivity contribution in [3.05, 3.63) is 65.7 Å². The van der Waals surface area contributed by atoms with E-state index in [4.69, 9.17) is 0 Å². The topological polar surface area (TPSA) is 57.8 Å². The first-order valence-corrected chi connectivity index (χ1v) is 9.15. The summed E-state index contributed by atoms with van der Waals surface area (Å²) in [7, 11) is 0. The molecule has 2 aromatic carbocycles. The Morgan fingerprint density at radius 1 is 1.15 bits per heavy atom. The fourth-order valence-corrected chi connectivity index (χ4v) is 4.00. The van der Waals surface area contributed by atoms with Gasteiger partial charge in [-0.2, -0.15) is 0 Å². The molecule has 3 aromatic rings. The number of aromatic nitrogens is 2. The van der Waals surface area contributed by atoms with Crippen LogP contribution in [0.25, 0.3) is 11.0 Å². The van der Waals surface area contributed by atoms with Gasteiger partial charge in [0, 0.05) is 13.0 Å². The molecule has 1 aliphatic rings. The molecule has 0 unspecified atom stereocenters. The van der Waals surface area contributed by atoms with Gasteiger partial charge in [-0.15, -0.1) is 0 Å². The normalized spacial score (nSPS) is 16.0. The Morgan fingerprint density at radius 3 is 2.73 bits per heavy atom. The monoisotopic (exact) mass is 351 g/mol. The largest absolute Gasteiger partial charge is 0.355 e. The summed E-state index contributed by atoms with van der Waals surface area (Å²) in [6.45, 7) is 0.510. The predicted octanol–water partition coefficient (Wildman–Crippen LogP) is 3.87. The maximum absolute atomic E-state index is 13.7. The van der Waals surface area contributed by atoms with Crippen LogP contribution >= 0.6 is 0 Å². The zero-order valence-electron chi connectivity index (χ0n) is 14.6. The fraction of sp³-hybridized carbons (Fsp3) is 0.333. The molecule has 0 radical (unpaired) electrons. The number of hydrogen-bond donors (Lipinski definition) is 2. The van der Waals surface area contributed by atoms with E-state index in [9.17, 15) is 9.18 Å². The van der Waals surface area contributed by atoms with Crippen molar-refractivity contribution in [2.24, 2.45) is 0 Å². The van der Waals surface area contributed by atoms with Gasteiger partial charge in [-0.05, 0) is 42.7 Å². The van der Waals surface area contributed by atoms with Crippen molar-refractivity contribution >= 4 is 16.9 Å². The first kappa shape index (κ1) is 16.8. The number of nitrogens with one attached hydrogen (secondary N) is 2. The van der Waals surface area contributed by atoms with E-state index in [-0.39, 0.29) is 11.7 Å². The Kier molecular flexibility index (Phi) is 4.45. The number of carbonyl (C=O) groups excluding carboxylic acids is 1. The maximum Gasteiger partial charge on any atom is 0.230 e. The Morgan fingerprint density at radius 2 is 1.96 bits per heavy atom. The van der Waals surface area contributed by atoms with E-state index < -0.39 is 5.41 Å². The maximum atomic E-state index is 13.7. The highest BCUT2D eigenvalue weighted by Crippen LogP contribution is 2.41. The van der Waals surface area contributed by atoms with E-state index in [1.807, 2.05) is 30.3 Å². The van der Waals surface area contributed by atoms with Gasteiger partial charge in [0.2, 0.25) is 5.91 Å². The summed E-state index contributed by atoms with van der Waals surface area (Å²) in [4.78, 5) is 20.8. The lowest BCUT2D eigenvalue weighted by atomic mass is 9.78. The molecule has 1 heterocycles. The smallest absolute Gasteiger partial charge is 0.230 e. The molecule has 1 aliphatic carbocycles. The number of fused-ring (bicyclic) bond motifs is 1. The minimum absolute atomic E-state index is 0.00305. The van der Waals surface area contributed by atoms with Gasteiger partial charge in [-0.25, -0.2) is 9.37 Å². The van der Waals surface area contributed by atoms with Crippen LogP contribution < -0.4 is 5.32 Å². The lowest BCUT2D eigenvalue weighted by Gasteiger charge is -2.28. The highest BCUT2D eigenvalue weighted by molar-refractivity contribution is 5.88. The van der Waals surface area contributed by atoms with Crippen LogP contribution in [0.15, 0.2) is 48.5 Å². The van der Waals surface area contributed by atoms with Crippen molar-refractivity contribution < 1.29 is 9.18 Å². The molecular weight excluding hydrogens is 329 g/mol. The molecule has 26 heavy (non-hydrogen) atoms. The molecule has 4 rings (SSSR count). The second kappa shape index (κ2) is 6.90. The van der Waals surface area contributed by atoms with Crippen LogP contribution in [0.3, 0.4) is 0 Å². The number of nitrogens with zero attached hydrogens (tertiary/aromatic N) is 1. The lowest BCUT2D eigenvalue weighted by Crippen LogP contribution is -2.43. The van der Waals surface area contributed by atoms with Crippen molar-refractivity contribution in [3.63, 3.8) is 0 Å². The number of benzene rings is 2. The summed E-state index contributed by atoms with van der Waals surface area (Å²) in [6.07, 6.45) is 4.17. The van der Waals surface area contributed by atoms with Crippen molar-refractivity contribution in [3.8, 4) is 0 Å². The van der Waals surface area contributed by atoms with E-state index in [1.165, 1.54) is 12.1 Å². The van der Waals surface area contributed by atoms with Crippen molar-refractivity contribution in [2.45, 2.75) is 37.5 Å². The summed E-state index contributed by atoms with van der Waals surface area (Å²) in [5.74, 6) is 0.568. The standard InChI is InChI=1S/C21H22FN3O/c22-16-7-5-6-15(14-16)21(11-3-4-12-21)20(26)23-13-10-19-24-17-8-1-2-9-18(17)25-19/h1-2,5-9,14H,3-4,10-13H2,(H,23,26)(H,24,25). The average Bonchev–Trinajstić information content (AvgIpc) is 3.29. The number of hydrogen-bond acceptors (Lipinski definition) is 2. The van der Waals surface area contributed by atoms with Gasteiger partial charge in [0.05, 0.1) is 16.4 Å². The Balaban J connectivity index is 1.45. The van der Waals surface area contributed by atoms with Crippen molar-refractivity contribution in [2.75, 3.05) is 6.54 Å². The van der Waals surface area contributed by atoms with Crippen LogP contribution in [0, 0.1) is 5.82 Å². The summed E-state index contributed by atoms with van der Waals surface area (Å²) in [5.41, 5.74) is 2.12. The Hall–Kier alpha value is -2.69. The predicted molar refractivity (Wildman–Crippen MR) is 99.4 cm³/mol. The molecule has 1 amide bonds. The molecule has 0 aliphatic heterocycles. The third-order valence-corrected chi connectivity index (χ3v) is 5.35. The zero-order valence-corrected chi connectivity index (χ0v) is 14.6. The number of rotatable bonds is 5. The summed E-state index contributed by atoms with van der Waals surface area (Å²) in [6, 6.07) is 14.4. The number of halogens is 1. The number of imidazole rings is 1. The molecule has 0 atom stereocenters. The Labute approximate surface area is 151 Å². The molecule has 2 N–H and O–H groups in total. The fourth-order valence-electron chi connectivity index (χ4n) is 4.00. The molecule has 5 heteroatoms. The molecule has 0 spiro atoms. The van der Waals surface area contributed by atoms with Crippen molar-refractivity contribution in [1.29, 1.82) is 0 Å². The zero-order chi connectivity index (χ0) is 18.0. The van der Waals surface area contributed by atoms with Gasteiger partial charge in [0.1, 0.15) is 11.6 Å². The summed E-state index contributed by atoms with van der Waals surface area (Å²) < 4.78 is 13.7. The van der Waals surface area contributed by atoms with Gasteiger partial charge < -0.3 is 10.3 Å². The highest BCUT2D eigenvalue weighted by Gasteiger charge is 2.42. The SMILES string of the molecule is O=C(NCCc1nc2ccccc2[nH]1)C1(c2cccc(F)c2)CCCC1. The molecular formula is C21H22FN3O. The van der Waals surface area contributed by atoms with Crippen LogP contribution in [0.4, 0.5) is 4.39 Å². The van der Waals surface area contributed by atoms with E-state index in [0.717, 1.165) is 48.1 Å². The third kappa shape index (κ3) is 3.09. The third-order valence-electron chi connectivity index (χ3n) is 5.35. The summed E-state index contributed by atoms with van der Waals surface area (Å²) >= 11 is 0. The number of para-hydroxylation sites is 2. The molecule has 0 bridgehead atoms. The van der Waals surface area contributed by atoms with Crippen LogP contribution in [0.5, 0.6) is 0 Å². The quantitative estimate of drug-likeness (QED) is 0.733.